The minimum Gasteiger partial charge on any atom is -0.457 e. The van der Waals surface area contributed by atoms with Crippen molar-refractivity contribution >= 4 is 18.4 Å². The molecule has 0 unspecified atom stereocenters. The van der Waals surface area contributed by atoms with E-state index in [1.807, 2.05) is 0 Å². The molecular weight excluding hydrogens is 596 g/mol. The molecule has 9 rings (SSSR count). The van der Waals surface area contributed by atoms with Crippen LogP contribution in [0.15, 0.2) is 9.98 Å². The quantitative estimate of drug-likeness (QED) is 0.118. The van der Waals surface area contributed by atoms with Gasteiger partial charge in [-0.3, -0.25) is 14.8 Å². The average molecular weight is 649 g/mol. The van der Waals surface area contributed by atoms with E-state index >= 15 is 0 Å². The monoisotopic (exact) mass is 648 g/mol. The summed E-state index contributed by atoms with van der Waals surface area (Å²) in [5.74, 6) is 3.32. The second-order valence-electron chi connectivity index (χ2n) is 16.0. The second kappa shape index (κ2) is 13.1. The van der Waals surface area contributed by atoms with E-state index in [9.17, 15) is 30.3 Å². The van der Waals surface area contributed by atoms with Crippen LogP contribution in [0.5, 0.6) is 0 Å². The normalized spacial score (nSPS) is 47.9. The van der Waals surface area contributed by atoms with Gasteiger partial charge in [-0.1, -0.05) is 0 Å². The lowest BCUT2D eigenvalue weighted by Gasteiger charge is -2.55. The predicted molar refractivity (Wildman–Crippen MR) is 165 cm³/mol. The number of carbonyl (C=O) groups excluding carboxylic acids is 1. The molecule has 8 aliphatic carbocycles. The summed E-state index contributed by atoms with van der Waals surface area (Å²) in [6.07, 6.45) is 5.91. The second-order valence-corrected chi connectivity index (χ2v) is 16.0. The molecule has 12 nitrogen and oxygen atoms in total. The van der Waals surface area contributed by atoms with Crippen LogP contribution in [-0.4, -0.2) is 117 Å². The van der Waals surface area contributed by atoms with E-state index in [0.29, 0.717) is 35.5 Å². The summed E-state index contributed by atoms with van der Waals surface area (Å²) in [6, 6.07) is 0. The summed E-state index contributed by atoms with van der Waals surface area (Å²) in [6.45, 7) is 0.000680. The number of ether oxygens (including phenoxy) is 4. The summed E-state index contributed by atoms with van der Waals surface area (Å²) in [7, 11) is 0. The molecule has 1 aliphatic heterocycles. The van der Waals surface area contributed by atoms with Crippen molar-refractivity contribution < 1.29 is 49.3 Å². The van der Waals surface area contributed by atoms with Crippen LogP contribution >= 0.6 is 0 Å². The molecule has 5 N–H and O–H groups in total. The molecule has 46 heavy (non-hydrogen) atoms. The van der Waals surface area contributed by atoms with Crippen molar-refractivity contribution in [1.82, 2.24) is 0 Å². The van der Waals surface area contributed by atoms with E-state index in [1.165, 1.54) is 44.7 Å². The number of hydrogen-bond acceptors (Lipinski definition) is 12. The fourth-order valence-corrected chi connectivity index (χ4v) is 11.2. The summed E-state index contributed by atoms with van der Waals surface area (Å²) in [4.78, 5) is 21.8. The Kier molecular flexibility index (Phi) is 9.38. The van der Waals surface area contributed by atoms with E-state index in [-0.39, 0.29) is 11.1 Å². The largest absolute Gasteiger partial charge is 0.457 e. The van der Waals surface area contributed by atoms with E-state index in [4.69, 9.17) is 28.9 Å². The Labute approximate surface area is 270 Å². The summed E-state index contributed by atoms with van der Waals surface area (Å²) in [5.41, 5.74) is -0.388. The van der Waals surface area contributed by atoms with Gasteiger partial charge >= 0.3 is 5.97 Å². The highest BCUT2D eigenvalue weighted by atomic mass is 16.7. The van der Waals surface area contributed by atoms with Crippen LogP contribution < -0.4 is 0 Å². The molecular formula is C34H52N2O10. The number of aliphatic imine (C=N–C) groups is 2. The minimum absolute atomic E-state index is 0.157. The van der Waals surface area contributed by atoms with Crippen LogP contribution in [0.3, 0.4) is 0 Å². The first kappa shape index (κ1) is 33.0. The number of rotatable bonds is 12. The molecule has 0 aromatic carbocycles. The Morgan fingerprint density at radius 1 is 0.826 bits per heavy atom. The number of hydrogen-bond donors (Lipinski definition) is 5. The predicted octanol–water partition coefficient (Wildman–Crippen LogP) is 1.52. The smallest absolute Gasteiger partial charge is 0.303 e. The summed E-state index contributed by atoms with van der Waals surface area (Å²) >= 11 is 0. The zero-order chi connectivity index (χ0) is 32.2. The summed E-state index contributed by atoms with van der Waals surface area (Å²) in [5, 5.41) is 53.1. The van der Waals surface area contributed by atoms with Gasteiger partial charge in [0.1, 0.15) is 30.5 Å². The minimum atomic E-state index is -1.61. The molecule has 258 valence electrons. The van der Waals surface area contributed by atoms with Crippen molar-refractivity contribution in [3.8, 4) is 0 Å². The van der Waals surface area contributed by atoms with Gasteiger partial charge in [-0.2, -0.15) is 0 Å². The fourth-order valence-electron chi connectivity index (χ4n) is 11.2. The number of nitrogens with zero attached hydrogens (tertiary/aromatic N) is 2. The Morgan fingerprint density at radius 2 is 1.30 bits per heavy atom. The fraction of sp³-hybridized carbons (Fsp3) is 0.912. The van der Waals surface area contributed by atoms with Crippen molar-refractivity contribution in [1.29, 1.82) is 0 Å². The molecule has 0 amide bonds. The average Bonchev–Trinajstić information content (AvgIpc) is 2.99. The molecule has 9 fully saturated rings. The first-order valence-electron chi connectivity index (χ1n) is 17.5. The van der Waals surface area contributed by atoms with Crippen molar-refractivity contribution in [3.05, 3.63) is 0 Å². The van der Waals surface area contributed by atoms with Gasteiger partial charge in [-0.15, -0.1) is 0 Å². The van der Waals surface area contributed by atoms with Gasteiger partial charge in [0.2, 0.25) is 0 Å². The third-order valence-corrected chi connectivity index (χ3v) is 12.3. The molecule has 0 aromatic heterocycles. The first-order valence-corrected chi connectivity index (χ1v) is 17.5. The lowest BCUT2D eigenvalue weighted by Crippen LogP contribution is -2.61. The zero-order valence-electron chi connectivity index (χ0n) is 26.8. The molecule has 8 bridgehead atoms. The topological polar surface area (TPSA) is 180 Å². The van der Waals surface area contributed by atoms with Crippen LogP contribution in [0, 0.1) is 35.5 Å². The van der Waals surface area contributed by atoms with Gasteiger partial charge in [0.05, 0.1) is 30.5 Å². The Morgan fingerprint density at radius 3 is 1.74 bits per heavy atom. The third-order valence-electron chi connectivity index (χ3n) is 12.3. The van der Waals surface area contributed by atoms with Crippen LogP contribution in [0.25, 0.3) is 0 Å². The highest BCUT2D eigenvalue weighted by Gasteiger charge is 2.53. The number of carbonyl (C=O) groups is 1. The lowest BCUT2D eigenvalue weighted by molar-refractivity contribution is -0.315. The Hall–Kier alpha value is -1.51. The van der Waals surface area contributed by atoms with Gasteiger partial charge in [0.15, 0.2) is 18.7 Å². The molecule has 8 saturated carbocycles. The maximum Gasteiger partial charge on any atom is 0.303 e. The maximum atomic E-state index is 11.8. The van der Waals surface area contributed by atoms with Crippen LogP contribution in [0.2, 0.25) is 0 Å². The SMILES string of the molecule is CC(=O)O[C@H]1[C@H](O)[C@@H](O[C@H](C=NC23CC4CC(CC(C4)C2)C3)[C@H](CO)O[C@H](O)C=NC23CC4CC(CC(C4)C2)C3)O[C@@H](CO)[C@@H]1O. The van der Waals surface area contributed by atoms with Gasteiger partial charge in [0.25, 0.3) is 0 Å². The van der Waals surface area contributed by atoms with E-state index < -0.39 is 68.4 Å². The highest BCUT2D eigenvalue weighted by Crippen LogP contribution is 2.58. The lowest BCUT2D eigenvalue weighted by atomic mass is 9.53. The van der Waals surface area contributed by atoms with E-state index in [0.717, 1.165) is 45.4 Å². The molecule has 0 radical (unpaired) electrons. The van der Waals surface area contributed by atoms with Gasteiger partial charge in [-0.05, 0) is 113 Å². The molecule has 1 saturated heterocycles. The number of esters is 1. The van der Waals surface area contributed by atoms with Crippen molar-refractivity contribution in [2.45, 2.75) is 144 Å². The van der Waals surface area contributed by atoms with E-state index in [2.05, 4.69) is 0 Å². The first-order chi connectivity index (χ1) is 22.0. The highest BCUT2D eigenvalue weighted by molar-refractivity contribution is 5.66. The van der Waals surface area contributed by atoms with Crippen molar-refractivity contribution in [2.24, 2.45) is 45.5 Å². The molecule has 8 atom stereocenters. The van der Waals surface area contributed by atoms with Gasteiger partial charge in [-0.25, -0.2) is 0 Å². The van der Waals surface area contributed by atoms with Crippen LogP contribution in [0.1, 0.15) is 84.0 Å². The molecule has 0 aromatic rings. The van der Waals surface area contributed by atoms with E-state index in [1.54, 1.807) is 6.21 Å². The summed E-state index contributed by atoms with van der Waals surface area (Å²) < 4.78 is 23.1. The van der Waals surface area contributed by atoms with Crippen LogP contribution in [-0.2, 0) is 23.7 Å². The molecule has 1 heterocycles. The van der Waals surface area contributed by atoms with Gasteiger partial charge < -0.3 is 44.5 Å². The Balaban J connectivity index is 1.10. The van der Waals surface area contributed by atoms with Crippen molar-refractivity contribution in [2.75, 3.05) is 13.2 Å². The molecule has 12 heteroatoms. The number of aliphatic hydroxyl groups excluding tert-OH is 5. The molecule has 0 spiro atoms. The van der Waals surface area contributed by atoms with Crippen molar-refractivity contribution in [3.63, 3.8) is 0 Å². The number of aliphatic hydroxyl groups is 5. The standard InChI is InChI=1S/C34H52N2O10/c1-18(39)43-31-29(41)27(17-38)46-32(30(31)42)45-25(14-35-33-8-19-2-20(9-33)4-21(3-19)10-33)26(16-37)44-28(40)15-36-34-11-22-5-23(12-34)7-24(6-22)13-34/h14-15,19-32,37-38,40-42H,2-13,16-17H2,1H3/t19?,20?,21?,22?,23?,24?,25-,26+,27+,28+,29+,30+,31-,32+,33?,34?/m1/s1. The van der Waals surface area contributed by atoms with Gasteiger partial charge in [0, 0.05) is 13.1 Å². The maximum absolute atomic E-state index is 11.8. The zero-order valence-corrected chi connectivity index (χ0v) is 26.8. The molecule has 9 aliphatic rings. The Bertz CT molecular complexity index is 1090. The third kappa shape index (κ3) is 6.70. The van der Waals surface area contributed by atoms with Crippen LogP contribution in [0.4, 0.5) is 0 Å².